The molecule has 1 aliphatic carbocycles. The van der Waals surface area contributed by atoms with Crippen molar-refractivity contribution >= 4 is 15.7 Å². The molecule has 6 heteroatoms. The van der Waals surface area contributed by atoms with Crippen LogP contribution in [0.4, 0.5) is 5.69 Å². The van der Waals surface area contributed by atoms with Crippen LogP contribution in [0.5, 0.6) is 0 Å². The van der Waals surface area contributed by atoms with E-state index in [4.69, 9.17) is 5.73 Å². The summed E-state index contributed by atoms with van der Waals surface area (Å²) in [5.74, 6) is 0. The van der Waals surface area contributed by atoms with Crippen molar-refractivity contribution in [1.29, 1.82) is 0 Å². The summed E-state index contributed by atoms with van der Waals surface area (Å²) < 4.78 is 27.1. The third kappa shape index (κ3) is 3.06. The quantitative estimate of drug-likeness (QED) is 0.857. The van der Waals surface area contributed by atoms with E-state index in [1.165, 1.54) is 0 Å². The molecule has 0 aliphatic heterocycles. The Labute approximate surface area is 124 Å². The molecule has 2 aromatic rings. The summed E-state index contributed by atoms with van der Waals surface area (Å²) in [5.41, 5.74) is 6.93. The molecule has 5 nitrogen and oxygen atoms in total. The van der Waals surface area contributed by atoms with Crippen molar-refractivity contribution in [2.75, 3.05) is 5.73 Å². The molecule has 1 fully saturated rings. The first kappa shape index (κ1) is 14.0. The third-order valence-corrected chi connectivity index (χ3v) is 5.40. The highest BCUT2D eigenvalue weighted by Crippen LogP contribution is 2.33. The SMILES string of the molecule is Nc1ccc(S(=O)(=O)N(Cc2ccccn2)C2CC2)cc1. The van der Waals surface area contributed by atoms with Gasteiger partial charge in [0.1, 0.15) is 0 Å². The summed E-state index contributed by atoms with van der Waals surface area (Å²) >= 11 is 0. The topological polar surface area (TPSA) is 76.3 Å². The van der Waals surface area contributed by atoms with Crippen LogP contribution in [0, 0.1) is 0 Å². The van der Waals surface area contributed by atoms with Gasteiger partial charge in [-0.3, -0.25) is 4.98 Å². The fraction of sp³-hybridized carbons (Fsp3) is 0.267. The summed E-state index contributed by atoms with van der Waals surface area (Å²) in [7, 11) is -3.52. The van der Waals surface area contributed by atoms with Crippen molar-refractivity contribution in [3.05, 3.63) is 54.4 Å². The van der Waals surface area contributed by atoms with Gasteiger partial charge in [0.25, 0.3) is 0 Å². The lowest BCUT2D eigenvalue weighted by atomic mass is 10.3. The molecule has 0 radical (unpaired) electrons. The number of nitrogen functional groups attached to an aromatic ring is 1. The maximum Gasteiger partial charge on any atom is 0.243 e. The van der Waals surface area contributed by atoms with Gasteiger partial charge in [0.2, 0.25) is 10.0 Å². The van der Waals surface area contributed by atoms with E-state index in [-0.39, 0.29) is 10.9 Å². The van der Waals surface area contributed by atoms with E-state index >= 15 is 0 Å². The first-order valence-corrected chi connectivity index (χ1v) is 8.29. The normalized spacial score (nSPS) is 15.3. The van der Waals surface area contributed by atoms with Crippen molar-refractivity contribution in [2.45, 2.75) is 30.3 Å². The molecular weight excluding hydrogens is 286 g/mol. The van der Waals surface area contributed by atoms with Crippen molar-refractivity contribution in [3.8, 4) is 0 Å². The van der Waals surface area contributed by atoms with Crippen molar-refractivity contribution in [3.63, 3.8) is 0 Å². The van der Waals surface area contributed by atoms with E-state index in [2.05, 4.69) is 4.98 Å². The highest BCUT2D eigenvalue weighted by Gasteiger charge is 2.38. The average molecular weight is 303 g/mol. The van der Waals surface area contributed by atoms with Crippen LogP contribution in [0.15, 0.2) is 53.6 Å². The summed E-state index contributed by atoms with van der Waals surface area (Å²) in [6.45, 7) is 0.304. The second-order valence-corrected chi connectivity index (χ2v) is 7.06. The highest BCUT2D eigenvalue weighted by atomic mass is 32.2. The van der Waals surface area contributed by atoms with Crippen LogP contribution >= 0.6 is 0 Å². The van der Waals surface area contributed by atoms with Gasteiger partial charge in [0.15, 0.2) is 0 Å². The zero-order chi connectivity index (χ0) is 14.9. The lowest BCUT2D eigenvalue weighted by Gasteiger charge is -2.21. The fourth-order valence-electron chi connectivity index (χ4n) is 2.20. The first-order valence-electron chi connectivity index (χ1n) is 6.85. The summed E-state index contributed by atoms with van der Waals surface area (Å²) in [6, 6.07) is 11.9. The van der Waals surface area contributed by atoms with E-state index in [1.54, 1.807) is 34.8 Å². The van der Waals surface area contributed by atoms with Gasteiger partial charge >= 0.3 is 0 Å². The molecule has 0 unspecified atom stereocenters. The van der Waals surface area contributed by atoms with E-state index in [0.29, 0.717) is 12.2 Å². The largest absolute Gasteiger partial charge is 0.399 e. The Kier molecular flexibility index (Phi) is 3.65. The number of sulfonamides is 1. The molecule has 1 aromatic carbocycles. The fourth-order valence-corrected chi connectivity index (χ4v) is 3.86. The van der Waals surface area contributed by atoms with Gasteiger partial charge < -0.3 is 5.73 Å². The standard InChI is InChI=1S/C15H17N3O2S/c16-12-4-8-15(9-5-12)21(19,20)18(14-6-7-14)11-13-3-1-2-10-17-13/h1-5,8-10,14H,6-7,11,16H2. The number of nitrogens with zero attached hydrogens (tertiary/aromatic N) is 2. The molecule has 2 N–H and O–H groups in total. The van der Waals surface area contributed by atoms with Gasteiger partial charge in [0, 0.05) is 17.9 Å². The van der Waals surface area contributed by atoms with Gasteiger partial charge in [-0.2, -0.15) is 4.31 Å². The van der Waals surface area contributed by atoms with Gasteiger partial charge in [-0.25, -0.2) is 8.42 Å². The lowest BCUT2D eigenvalue weighted by Crippen LogP contribution is -2.33. The lowest BCUT2D eigenvalue weighted by molar-refractivity contribution is 0.394. The summed E-state index contributed by atoms with van der Waals surface area (Å²) in [5, 5.41) is 0. The molecule has 1 aliphatic rings. The Morgan fingerprint density at radius 1 is 1.14 bits per heavy atom. The first-order chi connectivity index (χ1) is 10.1. The Balaban J connectivity index is 1.91. The molecule has 21 heavy (non-hydrogen) atoms. The van der Waals surface area contributed by atoms with E-state index in [0.717, 1.165) is 18.5 Å². The second kappa shape index (κ2) is 5.46. The number of rotatable bonds is 5. The predicted molar refractivity (Wildman–Crippen MR) is 80.8 cm³/mol. The Hall–Kier alpha value is -1.92. The maximum absolute atomic E-state index is 12.8. The molecule has 110 valence electrons. The van der Waals surface area contributed by atoms with E-state index in [9.17, 15) is 8.42 Å². The van der Waals surface area contributed by atoms with Crippen LogP contribution in [0.3, 0.4) is 0 Å². The Morgan fingerprint density at radius 3 is 2.43 bits per heavy atom. The van der Waals surface area contributed by atoms with Crippen molar-refractivity contribution in [2.24, 2.45) is 0 Å². The van der Waals surface area contributed by atoms with Crippen LogP contribution in [-0.2, 0) is 16.6 Å². The van der Waals surface area contributed by atoms with Crippen molar-refractivity contribution < 1.29 is 8.42 Å². The molecule has 0 saturated heterocycles. The monoisotopic (exact) mass is 303 g/mol. The Morgan fingerprint density at radius 2 is 1.86 bits per heavy atom. The number of pyridine rings is 1. The van der Waals surface area contributed by atoms with E-state index < -0.39 is 10.0 Å². The molecule has 0 bridgehead atoms. The molecule has 0 spiro atoms. The van der Waals surface area contributed by atoms with E-state index in [1.807, 2.05) is 18.2 Å². The number of benzene rings is 1. The molecule has 1 saturated carbocycles. The maximum atomic E-state index is 12.8. The van der Waals surface area contributed by atoms with Crippen LogP contribution < -0.4 is 5.73 Å². The molecule has 1 aromatic heterocycles. The minimum absolute atomic E-state index is 0.0783. The molecule has 3 rings (SSSR count). The van der Waals surface area contributed by atoms with Crippen LogP contribution in [0.25, 0.3) is 0 Å². The average Bonchev–Trinajstić information content (AvgIpc) is 3.31. The molecular formula is C15H17N3O2S. The highest BCUT2D eigenvalue weighted by molar-refractivity contribution is 7.89. The number of aromatic nitrogens is 1. The summed E-state index contributed by atoms with van der Waals surface area (Å²) in [4.78, 5) is 4.50. The summed E-state index contributed by atoms with van der Waals surface area (Å²) in [6.07, 6.45) is 3.48. The number of hydrogen-bond acceptors (Lipinski definition) is 4. The molecule has 0 atom stereocenters. The number of nitrogens with two attached hydrogens (primary N) is 1. The third-order valence-electron chi connectivity index (χ3n) is 3.48. The van der Waals surface area contributed by atoms with Gasteiger partial charge in [-0.15, -0.1) is 0 Å². The minimum atomic E-state index is -3.52. The second-order valence-electron chi connectivity index (χ2n) is 5.17. The van der Waals surface area contributed by atoms with Crippen LogP contribution in [0.1, 0.15) is 18.5 Å². The minimum Gasteiger partial charge on any atom is -0.399 e. The zero-order valence-corrected chi connectivity index (χ0v) is 12.3. The van der Waals surface area contributed by atoms with Crippen LogP contribution in [-0.4, -0.2) is 23.7 Å². The van der Waals surface area contributed by atoms with Gasteiger partial charge in [-0.05, 0) is 49.2 Å². The zero-order valence-electron chi connectivity index (χ0n) is 11.5. The Bertz CT molecular complexity index is 710. The van der Waals surface area contributed by atoms with Crippen LogP contribution in [0.2, 0.25) is 0 Å². The van der Waals surface area contributed by atoms with Gasteiger partial charge in [0.05, 0.1) is 17.1 Å². The van der Waals surface area contributed by atoms with Crippen molar-refractivity contribution in [1.82, 2.24) is 9.29 Å². The molecule has 0 amide bonds. The molecule has 1 heterocycles. The van der Waals surface area contributed by atoms with Gasteiger partial charge in [-0.1, -0.05) is 6.07 Å². The predicted octanol–water partition coefficient (Wildman–Crippen LogP) is 2.02. The number of anilines is 1. The number of hydrogen-bond donors (Lipinski definition) is 1. The smallest absolute Gasteiger partial charge is 0.243 e.